The summed E-state index contributed by atoms with van der Waals surface area (Å²) < 4.78 is 5.75. The van der Waals surface area contributed by atoms with Crippen LogP contribution in [0, 0.1) is 0 Å². The Balaban J connectivity index is 2.61. The zero-order chi connectivity index (χ0) is 10.4. The van der Waals surface area contributed by atoms with Crippen LogP contribution in [0.25, 0.3) is 6.08 Å². The number of hydrogen-bond donors (Lipinski definition) is 0. The van der Waals surface area contributed by atoms with Gasteiger partial charge >= 0.3 is 0 Å². The highest BCUT2D eigenvalue weighted by molar-refractivity contribution is 5.49. The minimum atomic E-state index is 0.292. The van der Waals surface area contributed by atoms with Crippen LogP contribution in [0.15, 0.2) is 30.8 Å². The molecule has 1 nitrogen and oxygen atoms in total. The third-order valence-electron chi connectivity index (χ3n) is 2.13. The average molecular weight is 190 g/mol. The SMILES string of the molecule is C=Cc1cccc(OC(C)CCC)c1. The molecule has 0 fully saturated rings. The molecule has 0 heterocycles. The summed E-state index contributed by atoms with van der Waals surface area (Å²) in [6, 6.07) is 8.01. The lowest BCUT2D eigenvalue weighted by atomic mass is 10.2. The molecule has 1 heteroatoms. The van der Waals surface area contributed by atoms with Gasteiger partial charge in [-0.15, -0.1) is 0 Å². The van der Waals surface area contributed by atoms with Crippen molar-refractivity contribution in [3.05, 3.63) is 36.4 Å². The molecule has 1 aromatic carbocycles. The zero-order valence-corrected chi connectivity index (χ0v) is 8.99. The van der Waals surface area contributed by atoms with Crippen LogP contribution in [0.4, 0.5) is 0 Å². The first kappa shape index (κ1) is 10.8. The van der Waals surface area contributed by atoms with Crippen molar-refractivity contribution in [3.63, 3.8) is 0 Å². The van der Waals surface area contributed by atoms with Gasteiger partial charge in [0.05, 0.1) is 6.10 Å². The van der Waals surface area contributed by atoms with Crippen LogP contribution >= 0.6 is 0 Å². The van der Waals surface area contributed by atoms with E-state index < -0.39 is 0 Å². The third kappa shape index (κ3) is 3.25. The Morgan fingerprint density at radius 2 is 2.29 bits per heavy atom. The topological polar surface area (TPSA) is 9.23 Å². The summed E-state index contributed by atoms with van der Waals surface area (Å²) in [5.41, 5.74) is 1.10. The number of rotatable bonds is 5. The molecule has 0 aliphatic rings. The predicted octanol–water partition coefficient (Wildman–Crippen LogP) is 3.90. The molecule has 1 aromatic rings. The first-order valence-corrected chi connectivity index (χ1v) is 5.15. The van der Waals surface area contributed by atoms with Crippen molar-refractivity contribution in [2.24, 2.45) is 0 Å². The summed E-state index contributed by atoms with van der Waals surface area (Å²) in [6.07, 6.45) is 4.37. The van der Waals surface area contributed by atoms with Gasteiger partial charge < -0.3 is 4.74 Å². The molecule has 0 N–H and O–H groups in total. The van der Waals surface area contributed by atoms with Crippen LogP contribution in [-0.2, 0) is 0 Å². The highest BCUT2D eigenvalue weighted by Crippen LogP contribution is 2.16. The predicted molar refractivity (Wildman–Crippen MR) is 61.5 cm³/mol. The second kappa shape index (κ2) is 5.48. The van der Waals surface area contributed by atoms with E-state index in [-0.39, 0.29) is 0 Å². The van der Waals surface area contributed by atoms with Crippen molar-refractivity contribution in [3.8, 4) is 5.75 Å². The molecule has 1 unspecified atom stereocenters. The van der Waals surface area contributed by atoms with E-state index >= 15 is 0 Å². The van der Waals surface area contributed by atoms with Crippen LogP contribution in [-0.4, -0.2) is 6.10 Å². The Labute approximate surface area is 86.4 Å². The van der Waals surface area contributed by atoms with E-state index in [4.69, 9.17) is 4.74 Å². The van der Waals surface area contributed by atoms with E-state index in [0.717, 1.165) is 24.2 Å². The smallest absolute Gasteiger partial charge is 0.120 e. The van der Waals surface area contributed by atoms with E-state index in [1.165, 1.54) is 0 Å². The molecule has 14 heavy (non-hydrogen) atoms. The van der Waals surface area contributed by atoms with Crippen molar-refractivity contribution in [2.75, 3.05) is 0 Å². The van der Waals surface area contributed by atoms with Gasteiger partial charge in [0, 0.05) is 0 Å². The fraction of sp³-hybridized carbons (Fsp3) is 0.385. The summed E-state index contributed by atoms with van der Waals surface area (Å²) in [7, 11) is 0. The molecule has 0 aliphatic heterocycles. The van der Waals surface area contributed by atoms with Gasteiger partial charge in [0.15, 0.2) is 0 Å². The van der Waals surface area contributed by atoms with Crippen LogP contribution in [0.1, 0.15) is 32.3 Å². The Morgan fingerprint density at radius 1 is 1.50 bits per heavy atom. The standard InChI is InChI=1S/C13H18O/c1-4-7-11(3)14-13-9-6-8-12(5-2)10-13/h5-6,8-11H,2,4,7H2,1,3H3. The van der Waals surface area contributed by atoms with Crippen LogP contribution in [0.5, 0.6) is 5.75 Å². The second-order valence-electron chi connectivity index (χ2n) is 3.49. The molecule has 0 radical (unpaired) electrons. The normalized spacial score (nSPS) is 12.1. The van der Waals surface area contributed by atoms with Crippen molar-refractivity contribution in [2.45, 2.75) is 32.8 Å². The van der Waals surface area contributed by atoms with Crippen LogP contribution in [0.2, 0.25) is 0 Å². The Bertz CT molecular complexity index is 291. The maximum Gasteiger partial charge on any atom is 0.120 e. The van der Waals surface area contributed by atoms with E-state index in [9.17, 15) is 0 Å². The summed E-state index contributed by atoms with van der Waals surface area (Å²) in [6.45, 7) is 8.00. The lowest BCUT2D eigenvalue weighted by Gasteiger charge is -2.13. The summed E-state index contributed by atoms with van der Waals surface area (Å²) >= 11 is 0. The van der Waals surface area contributed by atoms with E-state index in [1.54, 1.807) is 0 Å². The van der Waals surface area contributed by atoms with Gasteiger partial charge in [-0.3, -0.25) is 0 Å². The van der Waals surface area contributed by atoms with Crippen molar-refractivity contribution < 1.29 is 4.74 Å². The van der Waals surface area contributed by atoms with E-state index in [2.05, 4.69) is 20.4 Å². The number of hydrogen-bond acceptors (Lipinski definition) is 1. The van der Waals surface area contributed by atoms with Gasteiger partial charge in [0.2, 0.25) is 0 Å². The van der Waals surface area contributed by atoms with E-state index in [1.807, 2.05) is 30.3 Å². The average Bonchev–Trinajstić information content (AvgIpc) is 2.18. The zero-order valence-electron chi connectivity index (χ0n) is 8.99. The Morgan fingerprint density at radius 3 is 2.93 bits per heavy atom. The summed E-state index contributed by atoms with van der Waals surface area (Å²) in [4.78, 5) is 0. The molecular formula is C13H18O. The van der Waals surface area contributed by atoms with Gasteiger partial charge in [-0.1, -0.05) is 38.1 Å². The molecule has 1 rings (SSSR count). The fourth-order valence-corrected chi connectivity index (χ4v) is 1.41. The molecule has 0 aliphatic carbocycles. The quantitative estimate of drug-likeness (QED) is 0.684. The highest BCUT2D eigenvalue weighted by Gasteiger charge is 2.01. The lowest BCUT2D eigenvalue weighted by molar-refractivity contribution is 0.210. The van der Waals surface area contributed by atoms with E-state index in [0.29, 0.717) is 6.10 Å². The van der Waals surface area contributed by atoms with Gasteiger partial charge in [0.25, 0.3) is 0 Å². The first-order valence-electron chi connectivity index (χ1n) is 5.15. The molecule has 0 saturated heterocycles. The maximum absolute atomic E-state index is 5.75. The van der Waals surface area contributed by atoms with Crippen molar-refractivity contribution in [1.82, 2.24) is 0 Å². The summed E-state index contributed by atoms with van der Waals surface area (Å²) in [5.74, 6) is 0.934. The number of benzene rings is 1. The molecular weight excluding hydrogens is 172 g/mol. The highest BCUT2D eigenvalue weighted by atomic mass is 16.5. The monoisotopic (exact) mass is 190 g/mol. The van der Waals surface area contributed by atoms with Crippen molar-refractivity contribution >= 4 is 6.08 Å². The molecule has 0 aromatic heterocycles. The first-order chi connectivity index (χ1) is 6.76. The number of ether oxygens (including phenoxy) is 1. The molecule has 76 valence electrons. The third-order valence-corrected chi connectivity index (χ3v) is 2.13. The molecule has 0 saturated carbocycles. The van der Waals surface area contributed by atoms with Gasteiger partial charge in [0.1, 0.15) is 5.75 Å². The molecule has 0 bridgehead atoms. The van der Waals surface area contributed by atoms with Gasteiger partial charge in [-0.2, -0.15) is 0 Å². The molecule has 0 spiro atoms. The minimum absolute atomic E-state index is 0.292. The maximum atomic E-state index is 5.75. The van der Waals surface area contributed by atoms with Crippen molar-refractivity contribution in [1.29, 1.82) is 0 Å². The Hall–Kier alpha value is -1.24. The van der Waals surface area contributed by atoms with Crippen LogP contribution < -0.4 is 4.74 Å². The fourth-order valence-electron chi connectivity index (χ4n) is 1.41. The minimum Gasteiger partial charge on any atom is -0.491 e. The van der Waals surface area contributed by atoms with Crippen LogP contribution in [0.3, 0.4) is 0 Å². The molecule has 1 atom stereocenters. The lowest BCUT2D eigenvalue weighted by Crippen LogP contribution is -2.10. The van der Waals surface area contributed by atoms with Gasteiger partial charge in [-0.25, -0.2) is 0 Å². The molecule has 0 amide bonds. The Kier molecular flexibility index (Phi) is 4.24. The largest absolute Gasteiger partial charge is 0.491 e. The van der Waals surface area contributed by atoms with Gasteiger partial charge in [-0.05, 0) is 31.0 Å². The second-order valence-corrected chi connectivity index (χ2v) is 3.49. The summed E-state index contributed by atoms with van der Waals surface area (Å²) in [5, 5.41) is 0.